The topological polar surface area (TPSA) is 67.8 Å². The molecule has 2 N–H and O–H groups in total. The SMILES string of the molecule is COCCOCCCCNCc1ccccc1CC(=O)O. The normalized spacial score (nSPS) is 10.7. The van der Waals surface area contributed by atoms with E-state index in [2.05, 4.69) is 5.32 Å². The Bertz CT molecular complexity index is 409. The molecule has 0 saturated heterocycles. The molecule has 0 saturated carbocycles. The summed E-state index contributed by atoms with van der Waals surface area (Å²) in [5.41, 5.74) is 1.93. The average molecular weight is 295 g/mol. The van der Waals surface area contributed by atoms with E-state index in [-0.39, 0.29) is 6.42 Å². The summed E-state index contributed by atoms with van der Waals surface area (Å²) in [6.07, 6.45) is 2.12. The number of hydrogen-bond donors (Lipinski definition) is 2. The van der Waals surface area contributed by atoms with Gasteiger partial charge >= 0.3 is 5.97 Å². The predicted molar refractivity (Wildman–Crippen MR) is 81.4 cm³/mol. The fourth-order valence-corrected chi connectivity index (χ4v) is 1.99. The minimum Gasteiger partial charge on any atom is -0.481 e. The lowest BCUT2D eigenvalue weighted by Crippen LogP contribution is -2.17. The van der Waals surface area contributed by atoms with Gasteiger partial charge in [0.25, 0.3) is 0 Å². The lowest BCUT2D eigenvalue weighted by molar-refractivity contribution is -0.136. The summed E-state index contributed by atoms with van der Waals surface area (Å²) >= 11 is 0. The summed E-state index contributed by atoms with van der Waals surface area (Å²) in [5, 5.41) is 12.2. The van der Waals surface area contributed by atoms with Gasteiger partial charge in [-0.05, 0) is 30.5 Å². The van der Waals surface area contributed by atoms with Gasteiger partial charge in [0.15, 0.2) is 0 Å². The minimum absolute atomic E-state index is 0.0746. The summed E-state index contributed by atoms with van der Waals surface area (Å²) < 4.78 is 10.3. The number of carboxylic acids is 1. The molecule has 0 aromatic heterocycles. The van der Waals surface area contributed by atoms with Gasteiger partial charge in [0, 0.05) is 20.3 Å². The van der Waals surface area contributed by atoms with E-state index in [0.717, 1.165) is 37.1 Å². The van der Waals surface area contributed by atoms with E-state index in [1.807, 2.05) is 24.3 Å². The van der Waals surface area contributed by atoms with Crippen LogP contribution >= 0.6 is 0 Å². The molecule has 1 rings (SSSR count). The third-order valence-corrected chi connectivity index (χ3v) is 3.10. The van der Waals surface area contributed by atoms with Gasteiger partial charge in [0.05, 0.1) is 19.6 Å². The van der Waals surface area contributed by atoms with Crippen LogP contribution in [0, 0.1) is 0 Å². The Kier molecular flexibility index (Phi) is 9.44. The highest BCUT2D eigenvalue weighted by Gasteiger charge is 2.05. The summed E-state index contributed by atoms with van der Waals surface area (Å²) in [6, 6.07) is 7.65. The summed E-state index contributed by atoms with van der Waals surface area (Å²) in [4.78, 5) is 10.8. The molecule has 0 amide bonds. The molecule has 0 bridgehead atoms. The highest BCUT2D eigenvalue weighted by Crippen LogP contribution is 2.09. The monoisotopic (exact) mass is 295 g/mol. The van der Waals surface area contributed by atoms with Crippen LogP contribution in [0.3, 0.4) is 0 Å². The van der Waals surface area contributed by atoms with Crippen molar-refractivity contribution in [2.75, 3.05) is 33.5 Å². The van der Waals surface area contributed by atoms with Gasteiger partial charge in [0.1, 0.15) is 0 Å². The van der Waals surface area contributed by atoms with Crippen LogP contribution in [0.4, 0.5) is 0 Å². The molecule has 1 aromatic carbocycles. The van der Waals surface area contributed by atoms with E-state index < -0.39 is 5.97 Å². The van der Waals surface area contributed by atoms with Crippen LogP contribution in [-0.2, 0) is 27.2 Å². The maximum absolute atomic E-state index is 10.8. The zero-order valence-electron chi connectivity index (χ0n) is 12.6. The van der Waals surface area contributed by atoms with Gasteiger partial charge in [-0.25, -0.2) is 0 Å². The van der Waals surface area contributed by atoms with Gasteiger partial charge in [-0.3, -0.25) is 4.79 Å². The van der Waals surface area contributed by atoms with Crippen LogP contribution in [0.25, 0.3) is 0 Å². The molecule has 0 aliphatic rings. The molecule has 0 fully saturated rings. The van der Waals surface area contributed by atoms with Crippen LogP contribution < -0.4 is 5.32 Å². The number of carbonyl (C=O) groups is 1. The summed E-state index contributed by atoms with van der Waals surface area (Å²) in [6.45, 7) is 3.63. The molecule has 1 aromatic rings. The first kappa shape index (κ1) is 17.6. The lowest BCUT2D eigenvalue weighted by Gasteiger charge is -2.09. The third kappa shape index (κ3) is 8.45. The molecular weight excluding hydrogens is 270 g/mol. The lowest BCUT2D eigenvalue weighted by atomic mass is 10.0. The smallest absolute Gasteiger partial charge is 0.307 e. The van der Waals surface area contributed by atoms with Crippen molar-refractivity contribution < 1.29 is 19.4 Å². The van der Waals surface area contributed by atoms with Crippen LogP contribution in [0.2, 0.25) is 0 Å². The van der Waals surface area contributed by atoms with Crippen LogP contribution in [-0.4, -0.2) is 44.6 Å². The molecule has 0 spiro atoms. The molecule has 0 aliphatic heterocycles. The van der Waals surface area contributed by atoms with Crippen LogP contribution in [0.15, 0.2) is 24.3 Å². The molecule has 0 atom stereocenters. The largest absolute Gasteiger partial charge is 0.481 e. The first-order valence-electron chi connectivity index (χ1n) is 7.30. The van der Waals surface area contributed by atoms with E-state index in [0.29, 0.717) is 19.8 Å². The molecule has 5 nitrogen and oxygen atoms in total. The number of nitrogens with one attached hydrogen (secondary N) is 1. The zero-order valence-corrected chi connectivity index (χ0v) is 12.6. The molecular formula is C16H25NO4. The number of benzene rings is 1. The van der Waals surface area contributed by atoms with Gasteiger partial charge in [-0.15, -0.1) is 0 Å². The second kappa shape index (κ2) is 11.3. The second-order valence-corrected chi connectivity index (χ2v) is 4.83. The molecule has 0 radical (unpaired) electrons. The molecule has 0 heterocycles. The highest BCUT2D eigenvalue weighted by molar-refractivity contribution is 5.70. The van der Waals surface area contributed by atoms with Gasteiger partial charge in [-0.1, -0.05) is 24.3 Å². The van der Waals surface area contributed by atoms with Crippen molar-refractivity contribution in [3.63, 3.8) is 0 Å². The van der Waals surface area contributed by atoms with Crippen molar-refractivity contribution in [2.24, 2.45) is 0 Å². The van der Waals surface area contributed by atoms with Crippen LogP contribution in [0.1, 0.15) is 24.0 Å². The van der Waals surface area contributed by atoms with Crippen molar-refractivity contribution >= 4 is 5.97 Å². The second-order valence-electron chi connectivity index (χ2n) is 4.83. The van der Waals surface area contributed by atoms with Crippen molar-refractivity contribution in [1.29, 1.82) is 0 Å². The van der Waals surface area contributed by atoms with Gasteiger partial charge in [0.2, 0.25) is 0 Å². The fraction of sp³-hybridized carbons (Fsp3) is 0.562. The van der Waals surface area contributed by atoms with Crippen molar-refractivity contribution in [3.05, 3.63) is 35.4 Å². The first-order chi connectivity index (χ1) is 10.2. The summed E-state index contributed by atoms with van der Waals surface area (Å²) in [7, 11) is 1.66. The Morgan fingerprint density at radius 2 is 1.90 bits per heavy atom. The van der Waals surface area contributed by atoms with Gasteiger partial charge < -0.3 is 19.9 Å². The number of carboxylic acid groups (broad SMARTS) is 1. The highest BCUT2D eigenvalue weighted by atomic mass is 16.5. The molecule has 0 aliphatic carbocycles. The van der Waals surface area contributed by atoms with Crippen LogP contribution in [0.5, 0.6) is 0 Å². The van der Waals surface area contributed by atoms with Crippen molar-refractivity contribution in [1.82, 2.24) is 5.32 Å². The minimum atomic E-state index is -0.796. The Morgan fingerprint density at radius 3 is 2.62 bits per heavy atom. The van der Waals surface area contributed by atoms with E-state index in [4.69, 9.17) is 14.6 Å². The van der Waals surface area contributed by atoms with Crippen molar-refractivity contribution in [3.8, 4) is 0 Å². The van der Waals surface area contributed by atoms with Crippen molar-refractivity contribution in [2.45, 2.75) is 25.8 Å². The predicted octanol–water partition coefficient (Wildman–Crippen LogP) is 1.85. The quantitative estimate of drug-likeness (QED) is 0.576. The average Bonchev–Trinajstić information content (AvgIpc) is 2.46. The number of aliphatic carboxylic acids is 1. The Labute approximate surface area is 126 Å². The number of unbranched alkanes of at least 4 members (excludes halogenated alkanes) is 1. The maximum atomic E-state index is 10.8. The zero-order chi connectivity index (χ0) is 15.3. The molecule has 118 valence electrons. The number of methoxy groups -OCH3 is 1. The number of rotatable bonds is 12. The first-order valence-corrected chi connectivity index (χ1v) is 7.30. The third-order valence-electron chi connectivity index (χ3n) is 3.10. The Morgan fingerprint density at radius 1 is 1.14 bits per heavy atom. The number of ether oxygens (including phenoxy) is 2. The molecule has 5 heteroatoms. The van der Waals surface area contributed by atoms with E-state index >= 15 is 0 Å². The van der Waals surface area contributed by atoms with E-state index in [1.54, 1.807) is 7.11 Å². The molecule has 21 heavy (non-hydrogen) atoms. The number of hydrogen-bond acceptors (Lipinski definition) is 4. The Hall–Kier alpha value is -1.43. The van der Waals surface area contributed by atoms with E-state index in [9.17, 15) is 4.79 Å². The summed E-state index contributed by atoms with van der Waals surface area (Å²) in [5.74, 6) is -0.796. The Balaban J connectivity index is 2.14. The maximum Gasteiger partial charge on any atom is 0.307 e. The standard InChI is InChI=1S/C16H25NO4/c1-20-10-11-21-9-5-4-8-17-13-15-7-3-2-6-14(15)12-16(18)19/h2-3,6-7,17H,4-5,8-13H2,1H3,(H,18,19). The van der Waals surface area contributed by atoms with E-state index in [1.165, 1.54) is 0 Å². The van der Waals surface area contributed by atoms with Gasteiger partial charge in [-0.2, -0.15) is 0 Å². The fourth-order valence-electron chi connectivity index (χ4n) is 1.99. The molecule has 0 unspecified atom stereocenters.